The summed E-state index contributed by atoms with van der Waals surface area (Å²) in [6, 6.07) is 1.83. The minimum Gasteiger partial charge on any atom is -0.482 e. The van der Waals surface area contributed by atoms with Crippen LogP contribution in [0.5, 0.6) is 5.75 Å². The van der Waals surface area contributed by atoms with Gasteiger partial charge in [0.15, 0.2) is 6.61 Å². The Morgan fingerprint density at radius 2 is 1.85 bits per heavy atom. The largest absolute Gasteiger partial charge is 0.482 e. The lowest BCUT2D eigenvalue weighted by molar-refractivity contribution is -0.142. The Kier molecular flexibility index (Phi) is 6.39. The van der Waals surface area contributed by atoms with Crippen molar-refractivity contribution in [3.8, 4) is 5.75 Å². The molecule has 1 unspecified atom stereocenters. The number of rotatable bonds is 6. The molecule has 0 aliphatic rings. The molecule has 1 aromatic carbocycles. The molecule has 0 heterocycles. The predicted molar refractivity (Wildman–Crippen MR) is 76.8 cm³/mol. The summed E-state index contributed by atoms with van der Waals surface area (Å²) in [7, 11) is 0. The number of ether oxygens (including phenoxy) is 1. The van der Waals surface area contributed by atoms with E-state index >= 15 is 0 Å². The zero-order valence-electron chi connectivity index (χ0n) is 10.5. The number of carbonyl (C=O) groups is 2. The highest BCUT2D eigenvalue weighted by Gasteiger charge is 2.18. The van der Waals surface area contributed by atoms with Gasteiger partial charge in [0, 0.05) is 6.07 Å². The summed E-state index contributed by atoms with van der Waals surface area (Å²) in [4.78, 5) is 22.3. The molecule has 0 aromatic heterocycles. The van der Waals surface area contributed by atoms with Crippen molar-refractivity contribution >= 4 is 46.7 Å². The van der Waals surface area contributed by atoms with Gasteiger partial charge in [0.25, 0.3) is 5.91 Å². The maximum absolute atomic E-state index is 11.6. The van der Waals surface area contributed by atoms with Crippen LogP contribution in [0.2, 0.25) is 15.1 Å². The molecule has 20 heavy (non-hydrogen) atoms. The number of aliphatic carboxylic acids is 1. The zero-order chi connectivity index (χ0) is 15.3. The fraction of sp³-hybridized carbons (Fsp3) is 0.333. The summed E-state index contributed by atoms with van der Waals surface area (Å²) in [5.41, 5.74) is 0. The van der Waals surface area contributed by atoms with Crippen LogP contribution < -0.4 is 10.1 Å². The molecule has 1 atom stereocenters. The molecule has 1 amide bonds. The number of hydrogen-bond acceptors (Lipinski definition) is 3. The Labute approximate surface area is 130 Å². The van der Waals surface area contributed by atoms with Gasteiger partial charge in [0.05, 0.1) is 15.1 Å². The SMILES string of the molecule is CCC(NC(=O)COc1cc(Cl)c(Cl)cc1Cl)C(=O)O. The van der Waals surface area contributed by atoms with Crippen molar-refractivity contribution in [1.29, 1.82) is 0 Å². The number of carbonyl (C=O) groups excluding carboxylic acids is 1. The van der Waals surface area contributed by atoms with Gasteiger partial charge < -0.3 is 15.2 Å². The monoisotopic (exact) mass is 339 g/mol. The van der Waals surface area contributed by atoms with E-state index in [0.29, 0.717) is 0 Å². The van der Waals surface area contributed by atoms with Crippen molar-refractivity contribution in [3.63, 3.8) is 0 Å². The van der Waals surface area contributed by atoms with E-state index in [-0.39, 0.29) is 33.8 Å². The van der Waals surface area contributed by atoms with Crippen LogP contribution in [0, 0.1) is 0 Å². The zero-order valence-corrected chi connectivity index (χ0v) is 12.7. The second-order valence-electron chi connectivity index (χ2n) is 3.85. The Balaban J connectivity index is 2.61. The van der Waals surface area contributed by atoms with Crippen molar-refractivity contribution in [2.45, 2.75) is 19.4 Å². The first kappa shape index (κ1) is 16.9. The van der Waals surface area contributed by atoms with Gasteiger partial charge in [0.2, 0.25) is 0 Å². The summed E-state index contributed by atoms with van der Waals surface area (Å²) in [6.07, 6.45) is 0.272. The Hall–Kier alpha value is -1.17. The van der Waals surface area contributed by atoms with Gasteiger partial charge >= 0.3 is 5.97 Å². The molecule has 0 bridgehead atoms. The van der Waals surface area contributed by atoms with E-state index in [1.807, 2.05) is 0 Å². The van der Waals surface area contributed by atoms with Crippen LogP contribution in [0.4, 0.5) is 0 Å². The van der Waals surface area contributed by atoms with E-state index in [2.05, 4.69) is 5.32 Å². The minimum atomic E-state index is -1.10. The number of carboxylic acids is 1. The smallest absolute Gasteiger partial charge is 0.326 e. The van der Waals surface area contributed by atoms with E-state index in [4.69, 9.17) is 44.6 Å². The number of nitrogens with one attached hydrogen (secondary N) is 1. The first-order chi connectivity index (χ1) is 9.35. The molecule has 0 fully saturated rings. The molecule has 0 spiro atoms. The van der Waals surface area contributed by atoms with Crippen molar-refractivity contribution in [2.75, 3.05) is 6.61 Å². The lowest BCUT2D eigenvalue weighted by Crippen LogP contribution is -2.42. The highest BCUT2D eigenvalue weighted by atomic mass is 35.5. The van der Waals surface area contributed by atoms with Gasteiger partial charge in [0.1, 0.15) is 11.8 Å². The second kappa shape index (κ2) is 7.57. The second-order valence-corrected chi connectivity index (χ2v) is 5.07. The maximum Gasteiger partial charge on any atom is 0.326 e. The molecule has 8 heteroatoms. The van der Waals surface area contributed by atoms with Gasteiger partial charge in [-0.1, -0.05) is 41.7 Å². The molecule has 1 aromatic rings. The van der Waals surface area contributed by atoms with Gasteiger partial charge in [-0.15, -0.1) is 0 Å². The number of carboxylic acid groups (broad SMARTS) is 1. The van der Waals surface area contributed by atoms with Crippen molar-refractivity contribution in [1.82, 2.24) is 5.32 Å². The van der Waals surface area contributed by atoms with E-state index in [0.717, 1.165) is 0 Å². The molecular weight excluding hydrogens is 328 g/mol. The van der Waals surface area contributed by atoms with Crippen LogP contribution in [-0.4, -0.2) is 29.6 Å². The Bertz CT molecular complexity index is 522. The number of amides is 1. The van der Waals surface area contributed by atoms with Crippen molar-refractivity contribution in [3.05, 3.63) is 27.2 Å². The molecule has 0 aliphatic carbocycles. The fourth-order valence-corrected chi connectivity index (χ4v) is 1.92. The highest BCUT2D eigenvalue weighted by molar-refractivity contribution is 6.43. The summed E-state index contributed by atoms with van der Waals surface area (Å²) in [5.74, 6) is -1.48. The summed E-state index contributed by atoms with van der Waals surface area (Å²) >= 11 is 17.4. The third-order valence-electron chi connectivity index (χ3n) is 2.38. The van der Waals surface area contributed by atoms with Crippen LogP contribution in [0.25, 0.3) is 0 Å². The van der Waals surface area contributed by atoms with E-state index in [1.54, 1.807) is 6.92 Å². The Morgan fingerprint density at radius 3 is 2.40 bits per heavy atom. The topological polar surface area (TPSA) is 75.6 Å². The average Bonchev–Trinajstić information content (AvgIpc) is 2.38. The Morgan fingerprint density at radius 1 is 1.25 bits per heavy atom. The number of hydrogen-bond donors (Lipinski definition) is 2. The van der Waals surface area contributed by atoms with Crippen LogP contribution in [0.1, 0.15) is 13.3 Å². The van der Waals surface area contributed by atoms with Gasteiger partial charge in [-0.25, -0.2) is 4.79 Å². The van der Waals surface area contributed by atoms with Crippen LogP contribution in [0.3, 0.4) is 0 Å². The highest BCUT2D eigenvalue weighted by Crippen LogP contribution is 2.33. The number of halogens is 3. The van der Waals surface area contributed by atoms with Gasteiger partial charge in [-0.3, -0.25) is 4.79 Å². The summed E-state index contributed by atoms with van der Waals surface area (Å²) < 4.78 is 5.18. The molecule has 0 saturated heterocycles. The number of benzene rings is 1. The van der Waals surface area contributed by atoms with E-state index in [9.17, 15) is 9.59 Å². The van der Waals surface area contributed by atoms with E-state index < -0.39 is 17.9 Å². The quantitative estimate of drug-likeness (QED) is 0.781. The lowest BCUT2D eigenvalue weighted by atomic mass is 10.2. The van der Waals surface area contributed by atoms with Crippen molar-refractivity contribution < 1.29 is 19.4 Å². The first-order valence-electron chi connectivity index (χ1n) is 5.64. The molecule has 0 radical (unpaired) electrons. The third kappa shape index (κ3) is 4.74. The van der Waals surface area contributed by atoms with Crippen molar-refractivity contribution in [2.24, 2.45) is 0 Å². The van der Waals surface area contributed by atoms with Gasteiger partial charge in [-0.2, -0.15) is 0 Å². The molecule has 0 saturated carbocycles. The average molecular weight is 341 g/mol. The molecule has 2 N–H and O–H groups in total. The molecule has 110 valence electrons. The lowest BCUT2D eigenvalue weighted by Gasteiger charge is -2.13. The van der Waals surface area contributed by atoms with Crippen LogP contribution >= 0.6 is 34.8 Å². The fourth-order valence-electron chi connectivity index (χ4n) is 1.33. The van der Waals surface area contributed by atoms with E-state index in [1.165, 1.54) is 12.1 Å². The molecule has 1 rings (SSSR count). The summed E-state index contributed by atoms with van der Waals surface area (Å²) in [5, 5.41) is 11.8. The normalized spacial score (nSPS) is 11.8. The molecule has 0 aliphatic heterocycles. The molecule has 5 nitrogen and oxygen atoms in total. The minimum absolute atomic E-state index is 0.194. The molecular formula is C12H12Cl3NO4. The first-order valence-corrected chi connectivity index (χ1v) is 6.78. The standard InChI is InChI=1S/C12H12Cl3NO4/c1-2-9(12(18)19)16-11(17)5-20-10-4-7(14)6(13)3-8(10)15/h3-4,9H,2,5H2,1H3,(H,16,17)(H,18,19). The predicted octanol–water partition coefficient (Wildman–Crippen LogP) is 3.01. The van der Waals surface area contributed by atoms with Crippen LogP contribution in [-0.2, 0) is 9.59 Å². The summed E-state index contributed by atoms with van der Waals surface area (Å²) in [6.45, 7) is 1.28. The third-order valence-corrected chi connectivity index (χ3v) is 3.39. The van der Waals surface area contributed by atoms with Crippen LogP contribution in [0.15, 0.2) is 12.1 Å². The van der Waals surface area contributed by atoms with Gasteiger partial charge in [-0.05, 0) is 12.5 Å². The maximum atomic E-state index is 11.6.